The Hall–Kier alpha value is -0.940. The highest BCUT2D eigenvalue weighted by molar-refractivity contribution is 7.12. The Balaban J connectivity index is 3.07. The maximum absolute atomic E-state index is 11.0. The van der Waals surface area contributed by atoms with Gasteiger partial charge in [-0.15, -0.1) is 11.3 Å². The van der Waals surface area contributed by atoms with Gasteiger partial charge in [0.2, 0.25) is 0 Å². The molecule has 1 unspecified atom stereocenters. The fourth-order valence-electron chi connectivity index (χ4n) is 1.31. The smallest absolute Gasteiger partial charge is 0.326 e. The van der Waals surface area contributed by atoms with Crippen LogP contribution < -0.4 is 5.32 Å². The van der Waals surface area contributed by atoms with Crippen LogP contribution in [0.5, 0.6) is 0 Å². The van der Waals surface area contributed by atoms with E-state index >= 15 is 0 Å². The second-order valence-electron chi connectivity index (χ2n) is 3.72. The summed E-state index contributed by atoms with van der Waals surface area (Å²) in [5.41, 5.74) is 0.811. The molecule has 0 saturated heterocycles. The summed E-state index contributed by atoms with van der Waals surface area (Å²) in [6.07, 6.45) is 0. The van der Waals surface area contributed by atoms with Crippen LogP contribution in [0, 0.1) is 6.92 Å². The Kier molecular flexibility index (Phi) is 3.82. The van der Waals surface area contributed by atoms with E-state index in [2.05, 4.69) is 24.1 Å². The third-order valence-electron chi connectivity index (χ3n) is 2.14. The van der Waals surface area contributed by atoms with Gasteiger partial charge in [0.05, 0.1) is 15.6 Å². The Morgan fingerprint density at radius 3 is 2.47 bits per heavy atom. The molecular formula is C10H16N2O2S. The second kappa shape index (κ2) is 4.72. The highest BCUT2D eigenvalue weighted by Gasteiger charge is 2.23. The van der Waals surface area contributed by atoms with Gasteiger partial charge in [0.15, 0.2) is 0 Å². The lowest BCUT2D eigenvalue weighted by Crippen LogP contribution is -2.24. The summed E-state index contributed by atoms with van der Waals surface area (Å²) in [5.74, 6) is -0.520. The van der Waals surface area contributed by atoms with Crippen molar-refractivity contribution in [3.8, 4) is 0 Å². The molecule has 0 aromatic carbocycles. The van der Waals surface area contributed by atoms with Crippen LogP contribution in [-0.2, 0) is 4.79 Å². The summed E-state index contributed by atoms with van der Waals surface area (Å²) in [4.78, 5) is 16.2. The van der Waals surface area contributed by atoms with Gasteiger partial charge in [0, 0.05) is 5.92 Å². The summed E-state index contributed by atoms with van der Waals surface area (Å²) in [6, 6.07) is -0.644. The predicted molar refractivity (Wildman–Crippen MR) is 60.4 cm³/mol. The zero-order chi connectivity index (χ0) is 11.6. The van der Waals surface area contributed by atoms with Crippen LogP contribution in [0.3, 0.4) is 0 Å². The number of hydrogen-bond acceptors (Lipinski definition) is 4. The number of hydrogen-bond donors (Lipinski definition) is 2. The molecule has 0 aliphatic heterocycles. The van der Waals surface area contributed by atoms with E-state index in [9.17, 15) is 4.79 Å². The first-order valence-corrected chi connectivity index (χ1v) is 5.66. The highest BCUT2D eigenvalue weighted by Crippen LogP contribution is 2.29. The fraction of sp³-hybridized carbons (Fsp3) is 0.600. The van der Waals surface area contributed by atoms with E-state index < -0.39 is 12.0 Å². The van der Waals surface area contributed by atoms with E-state index in [1.165, 1.54) is 11.3 Å². The van der Waals surface area contributed by atoms with E-state index in [0.717, 1.165) is 15.6 Å². The van der Waals surface area contributed by atoms with Gasteiger partial charge in [-0.3, -0.25) is 4.79 Å². The summed E-state index contributed by atoms with van der Waals surface area (Å²) < 4.78 is 0. The molecule has 0 fully saturated rings. The molecule has 1 atom stereocenters. The van der Waals surface area contributed by atoms with Crippen LogP contribution in [-0.4, -0.2) is 23.1 Å². The Labute approximate surface area is 93.4 Å². The lowest BCUT2D eigenvalue weighted by atomic mass is 10.2. The van der Waals surface area contributed by atoms with Crippen LogP contribution in [0.2, 0.25) is 0 Å². The molecule has 1 aromatic heterocycles. The van der Waals surface area contributed by atoms with Crippen molar-refractivity contribution in [2.45, 2.75) is 32.7 Å². The molecular weight excluding hydrogens is 212 g/mol. The van der Waals surface area contributed by atoms with Crippen LogP contribution >= 0.6 is 11.3 Å². The maximum Gasteiger partial charge on any atom is 0.326 e. The third-order valence-corrected chi connectivity index (χ3v) is 3.66. The molecule has 2 N–H and O–H groups in total. The number of aliphatic carboxylic acids is 1. The molecule has 5 heteroatoms. The quantitative estimate of drug-likeness (QED) is 0.826. The first-order chi connectivity index (χ1) is 6.97. The van der Waals surface area contributed by atoms with Crippen molar-refractivity contribution in [1.29, 1.82) is 0 Å². The predicted octanol–water partition coefficient (Wildman–Crippen LogP) is 1.92. The van der Waals surface area contributed by atoms with Crippen molar-refractivity contribution >= 4 is 17.3 Å². The summed E-state index contributed by atoms with van der Waals surface area (Å²) in [7, 11) is 1.65. The molecule has 84 valence electrons. The Morgan fingerprint density at radius 2 is 2.13 bits per heavy atom. The highest BCUT2D eigenvalue weighted by atomic mass is 32.1. The number of nitrogens with one attached hydrogen (secondary N) is 1. The van der Waals surface area contributed by atoms with E-state index in [0.29, 0.717) is 5.92 Å². The van der Waals surface area contributed by atoms with Gasteiger partial charge in [-0.25, -0.2) is 4.98 Å². The average Bonchev–Trinajstić information content (AvgIpc) is 2.49. The van der Waals surface area contributed by atoms with Crippen molar-refractivity contribution in [3.05, 3.63) is 15.6 Å². The number of aryl methyl sites for hydroxylation is 1. The van der Waals surface area contributed by atoms with Gasteiger partial charge in [-0.2, -0.15) is 0 Å². The van der Waals surface area contributed by atoms with Crippen molar-refractivity contribution in [2.75, 3.05) is 7.05 Å². The molecule has 1 heterocycles. The normalized spacial score (nSPS) is 13.1. The average molecular weight is 228 g/mol. The molecule has 0 aliphatic carbocycles. The zero-order valence-electron chi connectivity index (χ0n) is 9.37. The van der Waals surface area contributed by atoms with Gasteiger partial charge in [0.25, 0.3) is 0 Å². The molecule has 0 saturated carbocycles. The van der Waals surface area contributed by atoms with Gasteiger partial charge in [0.1, 0.15) is 6.04 Å². The minimum absolute atomic E-state index is 0.341. The first-order valence-electron chi connectivity index (χ1n) is 4.84. The van der Waals surface area contributed by atoms with Crippen molar-refractivity contribution in [3.63, 3.8) is 0 Å². The lowest BCUT2D eigenvalue weighted by molar-refractivity contribution is -0.139. The number of nitrogens with zero attached hydrogens (tertiary/aromatic N) is 1. The largest absolute Gasteiger partial charge is 0.480 e. The van der Waals surface area contributed by atoms with E-state index in [1.54, 1.807) is 7.05 Å². The van der Waals surface area contributed by atoms with Crippen molar-refractivity contribution < 1.29 is 9.90 Å². The standard InChI is InChI=1S/C10H16N2O2S/c1-5(2)9-12-6(3)8(15-9)7(11-4)10(13)14/h5,7,11H,1-4H3,(H,13,14). The molecule has 15 heavy (non-hydrogen) atoms. The maximum atomic E-state index is 11.0. The molecule has 0 amide bonds. The van der Waals surface area contributed by atoms with Crippen LogP contribution in [0.4, 0.5) is 0 Å². The number of thiazole rings is 1. The van der Waals surface area contributed by atoms with Crippen LogP contribution in [0.25, 0.3) is 0 Å². The number of rotatable bonds is 4. The van der Waals surface area contributed by atoms with Crippen LogP contribution in [0.1, 0.15) is 41.4 Å². The second-order valence-corrected chi connectivity index (χ2v) is 4.78. The van der Waals surface area contributed by atoms with Gasteiger partial charge < -0.3 is 10.4 Å². The molecule has 0 spiro atoms. The summed E-state index contributed by atoms with van der Waals surface area (Å²) in [6.45, 7) is 5.96. The Morgan fingerprint density at radius 1 is 1.53 bits per heavy atom. The number of aromatic nitrogens is 1. The topological polar surface area (TPSA) is 62.2 Å². The fourth-order valence-corrected chi connectivity index (χ4v) is 2.48. The number of likely N-dealkylation sites (N-methyl/N-ethyl adjacent to an activating group) is 1. The summed E-state index contributed by atoms with van der Waals surface area (Å²) in [5, 5.41) is 12.8. The van der Waals surface area contributed by atoms with Crippen LogP contribution in [0.15, 0.2) is 0 Å². The monoisotopic (exact) mass is 228 g/mol. The number of carboxylic acid groups (broad SMARTS) is 1. The van der Waals surface area contributed by atoms with E-state index in [-0.39, 0.29) is 0 Å². The van der Waals surface area contributed by atoms with Gasteiger partial charge in [-0.05, 0) is 14.0 Å². The minimum atomic E-state index is -0.862. The van der Waals surface area contributed by atoms with Gasteiger partial charge in [-0.1, -0.05) is 13.8 Å². The lowest BCUT2D eigenvalue weighted by Gasteiger charge is -2.08. The van der Waals surface area contributed by atoms with Crippen molar-refractivity contribution in [2.24, 2.45) is 0 Å². The molecule has 1 rings (SSSR count). The molecule has 0 aliphatic rings. The Bertz CT molecular complexity index is 360. The zero-order valence-corrected chi connectivity index (χ0v) is 10.2. The van der Waals surface area contributed by atoms with E-state index in [1.807, 2.05) is 6.92 Å². The van der Waals surface area contributed by atoms with Crippen molar-refractivity contribution in [1.82, 2.24) is 10.3 Å². The number of carbonyl (C=O) groups is 1. The molecule has 0 bridgehead atoms. The molecule has 0 radical (unpaired) electrons. The molecule has 4 nitrogen and oxygen atoms in total. The number of carboxylic acids is 1. The third kappa shape index (κ3) is 2.54. The van der Waals surface area contributed by atoms with Gasteiger partial charge >= 0.3 is 5.97 Å². The SMILES string of the molecule is CNC(C(=O)O)c1sc(C(C)C)nc1C. The first kappa shape index (κ1) is 12.1. The molecule has 1 aromatic rings. The summed E-state index contributed by atoms with van der Waals surface area (Å²) >= 11 is 1.47. The minimum Gasteiger partial charge on any atom is -0.480 e. The van der Waals surface area contributed by atoms with E-state index in [4.69, 9.17) is 5.11 Å².